The third-order valence-corrected chi connectivity index (χ3v) is 7.53. The molecule has 2 aromatic rings. The van der Waals surface area contributed by atoms with Gasteiger partial charge >= 0.3 is 0 Å². The van der Waals surface area contributed by atoms with Crippen LogP contribution in [-0.4, -0.2) is 72.6 Å². The highest BCUT2D eigenvalue weighted by Gasteiger charge is 2.48. The number of piperidine rings is 1. The molecule has 3 fully saturated rings. The Hall–Kier alpha value is -2.25. The van der Waals surface area contributed by atoms with Crippen LogP contribution in [-0.2, 0) is 4.79 Å². The lowest BCUT2D eigenvalue weighted by Gasteiger charge is -2.37. The number of anilines is 2. The molecule has 7 nitrogen and oxygen atoms in total. The minimum Gasteiger partial charge on any atom is -0.369 e. The first-order chi connectivity index (χ1) is 15.1. The predicted octanol–water partition coefficient (Wildman–Crippen LogP) is 2.75. The van der Waals surface area contributed by atoms with Gasteiger partial charge in [-0.2, -0.15) is 0 Å². The van der Waals surface area contributed by atoms with Crippen LogP contribution >= 0.6 is 11.6 Å². The van der Waals surface area contributed by atoms with E-state index in [9.17, 15) is 4.79 Å². The summed E-state index contributed by atoms with van der Waals surface area (Å²) in [6.07, 6.45) is 7.47. The van der Waals surface area contributed by atoms with Gasteiger partial charge in [-0.15, -0.1) is 0 Å². The molecule has 5 rings (SSSR count). The van der Waals surface area contributed by atoms with Crippen molar-refractivity contribution in [3.05, 3.63) is 41.7 Å². The number of halogens is 1. The van der Waals surface area contributed by atoms with Crippen molar-refractivity contribution < 1.29 is 4.79 Å². The highest BCUT2D eigenvalue weighted by atomic mass is 35.5. The summed E-state index contributed by atoms with van der Waals surface area (Å²) in [5.74, 6) is 1.18. The number of piperazine rings is 1. The Morgan fingerprint density at radius 2 is 1.90 bits per heavy atom. The average molecular weight is 443 g/mol. The van der Waals surface area contributed by atoms with E-state index in [-0.39, 0.29) is 11.3 Å². The van der Waals surface area contributed by atoms with Crippen molar-refractivity contribution in [2.24, 2.45) is 5.41 Å². The van der Waals surface area contributed by atoms with Gasteiger partial charge in [0.15, 0.2) is 0 Å². The minimum absolute atomic E-state index is 0.182. The third-order valence-electron chi connectivity index (χ3n) is 7.30. The Balaban J connectivity index is 1.08. The molecule has 8 heteroatoms. The van der Waals surface area contributed by atoms with Gasteiger partial charge in [0.1, 0.15) is 0 Å². The lowest BCUT2D eigenvalue weighted by Crippen LogP contribution is -2.47. The molecule has 4 heterocycles. The number of nitrogens with zero attached hydrogens (tertiary/aromatic N) is 4. The first kappa shape index (κ1) is 20.6. The number of benzene rings is 1. The van der Waals surface area contributed by atoms with Crippen molar-refractivity contribution >= 4 is 29.1 Å². The minimum atomic E-state index is -0.182. The molecule has 1 spiro atoms. The Labute approximate surface area is 188 Å². The van der Waals surface area contributed by atoms with E-state index in [1.165, 1.54) is 5.69 Å². The molecule has 1 amide bonds. The number of rotatable bonds is 5. The highest BCUT2D eigenvalue weighted by Crippen LogP contribution is 2.41. The summed E-state index contributed by atoms with van der Waals surface area (Å²) in [4.78, 5) is 27.6. The van der Waals surface area contributed by atoms with Crippen molar-refractivity contribution in [3.8, 4) is 0 Å². The number of H-pyrrole nitrogens is 1. The Morgan fingerprint density at radius 1 is 1.10 bits per heavy atom. The number of hydrogen-bond donors (Lipinski definition) is 2. The lowest BCUT2D eigenvalue weighted by atomic mass is 9.76. The summed E-state index contributed by atoms with van der Waals surface area (Å²) in [5, 5.41) is 4.10. The third kappa shape index (κ3) is 4.39. The van der Waals surface area contributed by atoms with E-state index in [1.807, 2.05) is 24.4 Å². The van der Waals surface area contributed by atoms with E-state index in [4.69, 9.17) is 11.6 Å². The standard InChI is InChI=1S/C23H31ClN6O/c24-18-2-1-3-20(16-18)29-14-12-28(13-15-29)9-4-19-17-23(21(31)27-19)5-10-30(11-6-23)22-25-7-8-26-22/h1-3,7-8,16,19H,4-6,9-15,17H2,(H,25,26)(H,27,31)/t19-/m0/s1. The molecular weight excluding hydrogens is 412 g/mol. The number of imidazole rings is 1. The monoisotopic (exact) mass is 442 g/mol. The van der Waals surface area contributed by atoms with E-state index < -0.39 is 0 Å². The van der Waals surface area contributed by atoms with Crippen LogP contribution in [0.3, 0.4) is 0 Å². The van der Waals surface area contributed by atoms with Gasteiger partial charge in [-0.25, -0.2) is 4.98 Å². The van der Waals surface area contributed by atoms with Gasteiger partial charge in [-0.3, -0.25) is 9.69 Å². The normalized spacial score (nSPS) is 24.0. The molecule has 2 N–H and O–H groups in total. The number of hydrogen-bond acceptors (Lipinski definition) is 5. The van der Waals surface area contributed by atoms with Crippen LogP contribution in [0, 0.1) is 5.41 Å². The largest absolute Gasteiger partial charge is 0.369 e. The number of amides is 1. The molecule has 1 aromatic heterocycles. The second-order valence-corrected chi connectivity index (χ2v) is 9.59. The molecule has 0 aliphatic carbocycles. The zero-order valence-corrected chi connectivity index (χ0v) is 18.7. The highest BCUT2D eigenvalue weighted by molar-refractivity contribution is 6.30. The summed E-state index contributed by atoms with van der Waals surface area (Å²) in [6, 6.07) is 8.41. The van der Waals surface area contributed by atoms with Crippen LogP contribution in [0.4, 0.5) is 11.6 Å². The first-order valence-corrected chi connectivity index (χ1v) is 11.8. The predicted molar refractivity (Wildman–Crippen MR) is 124 cm³/mol. The fourth-order valence-corrected chi connectivity index (χ4v) is 5.56. The summed E-state index contributed by atoms with van der Waals surface area (Å²) in [7, 11) is 0. The fraction of sp³-hybridized carbons (Fsp3) is 0.565. The number of aromatic amines is 1. The van der Waals surface area contributed by atoms with E-state index in [0.29, 0.717) is 6.04 Å². The van der Waals surface area contributed by atoms with E-state index in [0.717, 1.165) is 82.5 Å². The van der Waals surface area contributed by atoms with Crippen LogP contribution in [0.2, 0.25) is 5.02 Å². The Morgan fingerprint density at radius 3 is 2.61 bits per heavy atom. The molecular formula is C23H31ClN6O. The van der Waals surface area contributed by atoms with E-state index >= 15 is 0 Å². The summed E-state index contributed by atoms with van der Waals surface area (Å²) < 4.78 is 0. The molecule has 31 heavy (non-hydrogen) atoms. The zero-order chi connectivity index (χ0) is 21.3. The van der Waals surface area contributed by atoms with Gasteiger partial charge in [-0.05, 0) is 43.9 Å². The van der Waals surface area contributed by atoms with Crippen LogP contribution in [0.5, 0.6) is 0 Å². The SMILES string of the molecule is O=C1N[C@@H](CCN2CCN(c3cccc(Cl)c3)CC2)CC12CCN(c1ncc[nH]1)CC2. The lowest BCUT2D eigenvalue weighted by molar-refractivity contribution is -0.128. The first-order valence-electron chi connectivity index (χ1n) is 11.4. The van der Waals surface area contributed by atoms with Gasteiger partial charge in [0.2, 0.25) is 11.9 Å². The van der Waals surface area contributed by atoms with Gasteiger partial charge in [0, 0.05) is 75.0 Å². The smallest absolute Gasteiger partial charge is 0.226 e. The van der Waals surface area contributed by atoms with Crippen molar-refractivity contribution in [1.29, 1.82) is 0 Å². The zero-order valence-electron chi connectivity index (χ0n) is 17.9. The van der Waals surface area contributed by atoms with Crippen molar-refractivity contribution in [1.82, 2.24) is 20.2 Å². The van der Waals surface area contributed by atoms with Crippen LogP contribution in [0.25, 0.3) is 0 Å². The number of aromatic nitrogens is 2. The van der Waals surface area contributed by atoms with Crippen molar-refractivity contribution in [2.75, 3.05) is 55.6 Å². The van der Waals surface area contributed by atoms with Crippen LogP contribution < -0.4 is 15.1 Å². The van der Waals surface area contributed by atoms with Gasteiger partial charge in [0.25, 0.3) is 0 Å². The van der Waals surface area contributed by atoms with Crippen LogP contribution in [0.15, 0.2) is 36.7 Å². The van der Waals surface area contributed by atoms with E-state index in [2.05, 4.69) is 36.1 Å². The van der Waals surface area contributed by atoms with Crippen molar-refractivity contribution in [3.63, 3.8) is 0 Å². The number of carbonyl (C=O) groups is 1. The Bertz CT molecular complexity index is 887. The topological polar surface area (TPSA) is 67.5 Å². The second kappa shape index (κ2) is 8.71. The maximum Gasteiger partial charge on any atom is 0.226 e. The van der Waals surface area contributed by atoms with Crippen molar-refractivity contribution in [2.45, 2.75) is 31.7 Å². The molecule has 1 aromatic carbocycles. The molecule has 0 unspecified atom stereocenters. The van der Waals surface area contributed by atoms with Gasteiger partial charge in [-0.1, -0.05) is 17.7 Å². The van der Waals surface area contributed by atoms with Gasteiger partial charge < -0.3 is 20.1 Å². The molecule has 0 bridgehead atoms. The number of carbonyl (C=O) groups excluding carboxylic acids is 1. The molecule has 1 atom stereocenters. The molecule has 3 aliphatic heterocycles. The molecule has 0 radical (unpaired) electrons. The fourth-order valence-electron chi connectivity index (χ4n) is 5.38. The quantitative estimate of drug-likeness (QED) is 0.745. The molecule has 3 saturated heterocycles. The van der Waals surface area contributed by atoms with Crippen LogP contribution in [0.1, 0.15) is 25.7 Å². The maximum absolute atomic E-state index is 12.8. The Kier molecular flexibility index (Phi) is 5.80. The maximum atomic E-state index is 12.8. The summed E-state index contributed by atoms with van der Waals surface area (Å²) in [6.45, 7) is 6.96. The second-order valence-electron chi connectivity index (χ2n) is 9.15. The van der Waals surface area contributed by atoms with E-state index in [1.54, 1.807) is 6.20 Å². The average Bonchev–Trinajstić information content (AvgIpc) is 3.42. The van der Waals surface area contributed by atoms with Gasteiger partial charge in [0.05, 0.1) is 5.41 Å². The summed E-state index contributed by atoms with van der Waals surface area (Å²) in [5.41, 5.74) is 1.03. The molecule has 166 valence electrons. The summed E-state index contributed by atoms with van der Waals surface area (Å²) >= 11 is 6.14. The molecule has 0 saturated carbocycles. The number of nitrogens with one attached hydrogen (secondary N) is 2. The molecule has 3 aliphatic rings.